The van der Waals surface area contributed by atoms with Gasteiger partial charge in [-0.15, -0.1) is 0 Å². The van der Waals surface area contributed by atoms with Crippen LogP contribution in [0.3, 0.4) is 0 Å². The summed E-state index contributed by atoms with van der Waals surface area (Å²) >= 11 is 0. The molecule has 0 radical (unpaired) electrons. The van der Waals surface area contributed by atoms with E-state index in [1.54, 1.807) is 24.0 Å². The molecule has 0 saturated heterocycles. The molecule has 96 valence electrons. The summed E-state index contributed by atoms with van der Waals surface area (Å²) in [5.74, 6) is -0.125. The number of nitrogens with one attached hydrogen (secondary N) is 2. The Morgan fingerprint density at radius 1 is 1.56 bits per heavy atom. The molecule has 0 aliphatic heterocycles. The maximum Gasteiger partial charge on any atom is 0.271 e. The molecule has 2 N–H and O–H groups in total. The Bertz CT molecular complexity index is 528. The third kappa shape index (κ3) is 2.97. The van der Waals surface area contributed by atoms with Crippen LogP contribution in [0.4, 0.5) is 0 Å². The molecule has 0 fully saturated rings. The zero-order valence-electron chi connectivity index (χ0n) is 10.6. The van der Waals surface area contributed by atoms with Gasteiger partial charge in [-0.05, 0) is 31.4 Å². The second-order valence-corrected chi connectivity index (χ2v) is 4.25. The molecule has 1 amide bonds. The highest BCUT2D eigenvalue weighted by Gasteiger charge is 2.07. The molecule has 0 aliphatic carbocycles. The molecule has 0 aliphatic rings. The highest BCUT2D eigenvalue weighted by atomic mass is 16.1. The lowest BCUT2D eigenvalue weighted by molar-refractivity contribution is 0.0947. The average molecular weight is 247 g/mol. The molecule has 18 heavy (non-hydrogen) atoms. The lowest BCUT2D eigenvalue weighted by Gasteiger charge is -2.02. The maximum atomic E-state index is 11.7. The number of aromatic nitrogens is 4. The minimum absolute atomic E-state index is 0.125. The number of hydrogen-bond acceptors (Lipinski definition) is 3. The highest BCUT2D eigenvalue weighted by Crippen LogP contribution is 2.05. The van der Waals surface area contributed by atoms with Gasteiger partial charge in [0.1, 0.15) is 5.69 Å². The minimum Gasteiger partial charge on any atom is -0.351 e. The van der Waals surface area contributed by atoms with E-state index in [-0.39, 0.29) is 5.91 Å². The third-order valence-corrected chi connectivity index (χ3v) is 2.79. The normalized spacial score (nSPS) is 10.6. The van der Waals surface area contributed by atoms with E-state index in [1.165, 1.54) is 5.56 Å². The summed E-state index contributed by atoms with van der Waals surface area (Å²) in [7, 11) is 1.79. The summed E-state index contributed by atoms with van der Waals surface area (Å²) in [5, 5.41) is 13.7. The van der Waals surface area contributed by atoms with Gasteiger partial charge in [-0.2, -0.15) is 10.2 Å². The molecule has 0 atom stereocenters. The Hall–Kier alpha value is -2.11. The van der Waals surface area contributed by atoms with E-state index in [0.29, 0.717) is 12.2 Å². The predicted molar refractivity (Wildman–Crippen MR) is 67.2 cm³/mol. The van der Waals surface area contributed by atoms with Crippen LogP contribution in [0.1, 0.15) is 28.2 Å². The lowest BCUT2D eigenvalue weighted by atomic mass is 10.1. The van der Waals surface area contributed by atoms with Crippen molar-refractivity contribution >= 4 is 5.91 Å². The van der Waals surface area contributed by atoms with E-state index in [9.17, 15) is 4.79 Å². The molecule has 0 unspecified atom stereocenters. The minimum atomic E-state index is -0.125. The fraction of sp³-hybridized carbons (Fsp3) is 0.417. The molecular formula is C12H17N5O. The van der Waals surface area contributed by atoms with Gasteiger partial charge in [0.15, 0.2) is 0 Å². The Kier molecular flexibility index (Phi) is 3.76. The van der Waals surface area contributed by atoms with Crippen molar-refractivity contribution in [1.29, 1.82) is 0 Å². The van der Waals surface area contributed by atoms with Crippen molar-refractivity contribution in [2.24, 2.45) is 7.05 Å². The Balaban J connectivity index is 1.73. The molecule has 0 aromatic carbocycles. The first-order valence-corrected chi connectivity index (χ1v) is 5.93. The first kappa shape index (κ1) is 12.3. The molecule has 2 aromatic heterocycles. The fourth-order valence-corrected chi connectivity index (χ4v) is 1.74. The van der Waals surface area contributed by atoms with E-state index < -0.39 is 0 Å². The second-order valence-electron chi connectivity index (χ2n) is 4.25. The van der Waals surface area contributed by atoms with Gasteiger partial charge >= 0.3 is 0 Å². The van der Waals surface area contributed by atoms with Crippen LogP contribution in [-0.4, -0.2) is 32.4 Å². The first-order chi connectivity index (χ1) is 8.66. The molecule has 0 saturated carbocycles. The predicted octanol–water partition coefficient (Wildman–Crippen LogP) is 0.814. The van der Waals surface area contributed by atoms with E-state index in [1.807, 2.05) is 13.1 Å². The topological polar surface area (TPSA) is 75.6 Å². The largest absolute Gasteiger partial charge is 0.351 e. The highest BCUT2D eigenvalue weighted by molar-refractivity contribution is 5.92. The first-order valence-electron chi connectivity index (χ1n) is 5.93. The number of rotatable bonds is 5. The van der Waals surface area contributed by atoms with Gasteiger partial charge in [0.25, 0.3) is 5.91 Å². The van der Waals surface area contributed by atoms with Crippen molar-refractivity contribution in [2.75, 3.05) is 6.54 Å². The second kappa shape index (κ2) is 5.48. The van der Waals surface area contributed by atoms with Crippen molar-refractivity contribution in [3.8, 4) is 0 Å². The van der Waals surface area contributed by atoms with Gasteiger partial charge in [0, 0.05) is 25.5 Å². The van der Waals surface area contributed by atoms with Crippen LogP contribution < -0.4 is 5.32 Å². The molecule has 0 spiro atoms. The number of aromatic amines is 1. The molecular weight excluding hydrogens is 230 g/mol. The average Bonchev–Trinajstić information content (AvgIpc) is 2.94. The van der Waals surface area contributed by atoms with Gasteiger partial charge in [-0.25, -0.2) is 0 Å². The van der Waals surface area contributed by atoms with Gasteiger partial charge in [-0.3, -0.25) is 14.6 Å². The Morgan fingerprint density at radius 2 is 2.39 bits per heavy atom. The summed E-state index contributed by atoms with van der Waals surface area (Å²) in [4.78, 5) is 11.7. The third-order valence-electron chi connectivity index (χ3n) is 2.79. The SMILES string of the molecule is Cc1[nH]ncc1CCCNC(=O)c1ccn(C)n1. The van der Waals surface area contributed by atoms with Crippen molar-refractivity contribution < 1.29 is 4.79 Å². The van der Waals surface area contributed by atoms with Crippen LogP contribution in [0.15, 0.2) is 18.5 Å². The van der Waals surface area contributed by atoms with Crippen molar-refractivity contribution in [2.45, 2.75) is 19.8 Å². The lowest BCUT2D eigenvalue weighted by Crippen LogP contribution is -2.25. The van der Waals surface area contributed by atoms with Crippen molar-refractivity contribution in [1.82, 2.24) is 25.3 Å². The summed E-state index contributed by atoms with van der Waals surface area (Å²) in [6, 6.07) is 1.70. The summed E-state index contributed by atoms with van der Waals surface area (Å²) in [6.07, 6.45) is 5.38. The van der Waals surface area contributed by atoms with E-state index in [0.717, 1.165) is 18.5 Å². The molecule has 6 heteroatoms. The van der Waals surface area contributed by atoms with Crippen LogP contribution in [0.5, 0.6) is 0 Å². The Morgan fingerprint density at radius 3 is 3.00 bits per heavy atom. The van der Waals surface area contributed by atoms with Crippen LogP contribution in [0.2, 0.25) is 0 Å². The number of carbonyl (C=O) groups is 1. The number of carbonyl (C=O) groups excluding carboxylic acids is 1. The molecule has 0 bridgehead atoms. The molecule has 2 heterocycles. The van der Waals surface area contributed by atoms with E-state index >= 15 is 0 Å². The van der Waals surface area contributed by atoms with Gasteiger partial charge in [0.2, 0.25) is 0 Å². The van der Waals surface area contributed by atoms with Crippen LogP contribution >= 0.6 is 0 Å². The number of amides is 1. The molecule has 2 aromatic rings. The summed E-state index contributed by atoms with van der Waals surface area (Å²) in [6.45, 7) is 2.63. The van der Waals surface area contributed by atoms with Crippen molar-refractivity contribution in [3.63, 3.8) is 0 Å². The number of nitrogens with zero attached hydrogens (tertiary/aromatic N) is 3. The van der Waals surface area contributed by atoms with Gasteiger partial charge in [0.05, 0.1) is 6.20 Å². The van der Waals surface area contributed by atoms with Gasteiger partial charge < -0.3 is 5.32 Å². The van der Waals surface area contributed by atoms with E-state index in [4.69, 9.17) is 0 Å². The van der Waals surface area contributed by atoms with Gasteiger partial charge in [-0.1, -0.05) is 0 Å². The monoisotopic (exact) mass is 247 g/mol. The van der Waals surface area contributed by atoms with E-state index in [2.05, 4.69) is 20.6 Å². The van der Waals surface area contributed by atoms with Crippen LogP contribution in [0.25, 0.3) is 0 Å². The zero-order valence-corrected chi connectivity index (χ0v) is 10.6. The molecule has 2 rings (SSSR count). The summed E-state index contributed by atoms with van der Waals surface area (Å²) in [5.41, 5.74) is 2.74. The van der Waals surface area contributed by atoms with Crippen LogP contribution in [0, 0.1) is 6.92 Å². The fourth-order valence-electron chi connectivity index (χ4n) is 1.74. The smallest absolute Gasteiger partial charge is 0.271 e. The number of hydrogen-bond donors (Lipinski definition) is 2. The van der Waals surface area contributed by atoms with Crippen LogP contribution in [-0.2, 0) is 13.5 Å². The quantitative estimate of drug-likeness (QED) is 0.768. The van der Waals surface area contributed by atoms with Crippen molar-refractivity contribution in [3.05, 3.63) is 35.4 Å². The maximum absolute atomic E-state index is 11.7. The number of H-pyrrole nitrogens is 1. The Labute approximate surface area is 105 Å². The zero-order chi connectivity index (χ0) is 13.0. The molecule has 6 nitrogen and oxygen atoms in total. The standard InChI is InChI=1S/C12H17N5O/c1-9-10(8-14-15-9)4-3-6-13-12(18)11-5-7-17(2)16-11/h5,7-8H,3-4,6H2,1-2H3,(H,13,18)(H,14,15). The summed E-state index contributed by atoms with van der Waals surface area (Å²) < 4.78 is 1.61. The number of aryl methyl sites for hydroxylation is 3.